The molecule has 0 aliphatic carbocycles. The summed E-state index contributed by atoms with van der Waals surface area (Å²) < 4.78 is 75.8. The van der Waals surface area contributed by atoms with Crippen molar-refractivity contribution in [3.05, 3.63) is 34.4 Å². The molecule has 0 amide bonds. The average Bonchev–Trinajstić information content (AvgIpc) is 2.88. The van der Waals surface area contributed by atoms with E-state index in [-0.39, 0.29) is 11.9 Å². The van der Waals surface area contributed by atoms with E-state index in [0.717, 1.165) is 12.3 Å². The minimum atomic E-state index is -5.92. The molecule has 0 radical (unpaired) electrons. The molecule has 1 saturated heterocycles. The molecule has 2 unspecified atom stereocenters. The number of nitrogens with zero attached hydrogens (tertiary/aromatic N) is 2. The lowest BCUT2D eigenvalue weighted by Gasteiger charge is -2.24. The second kappa shape index (κ2) is 9.08. The molecule has 14 nitrogen and oxygen atoms in total. The van der Waals surface area contributed by atoms with Gasteiger partial charge in [-0.05, 0) is 12.1 Å². The monoisotopic (exact) mass is 531 g/mol. The number of anilines is 1. The van der Waals surface area contributed by atoms with Crippen LogP contribution in [0.1, 0.15) is 12.6 Å². The summed E-state index contributed by atoms with van der Waals surface area (Å²) in [6.45, 7) is 0. The number of alkyl halides is 2. The van der Waals surface area contributed by atoms with E-state index in [1.165, 1.54) is 0 Å². The van der Waals surface area contributed by atoms with Crippen molar-refractivity contribution in [1.29, 1.82) is 0 Å². The summed E-state index contributed by atoms with van der Waals surface area (Å²) in [7, 11) is -17.5. The molecule has 1 aromatic heterocycles. The first-order valence-corrected chi connectivity index (χ1v) is 12.9. The standard InChI is InChI=1S/C11H15ClF2N3O11P3/c12-5-11(3-6(13)9(26-11)17-2-1-8(15)16-10(17)18)4-7(14)29(19,20)27-31(24,25)28-30(21,22)23/h1-2,4,6,9H,3,5H2,(H,19,20)(H,24,25)(H2,15,16,18)(H2,21,22,23)/b7-4+/t6-,9-,11+/m1/s1. The van der Waals surface area contributed by atoms with Crippen LogP contribution >= 0.6 is 34.8 Å². The summed E-state index contributed by atoms with van der Waals surface area (Å²) in [5, 5.41) is 0. The zero-order valence-electron chi connectivity index (χ0n) is 14.9. The van der Waals surface area contributed by atoms with Crippen LogP contribution in [0.2, 0.25) is 0 Å². The quantitative estimate of drug-likeness (QED) is 0.236. The normalized spacial score (nSPS) is 28.8. The fourth-order valence-electron chi connectivity index (χ4n) is 2.49. The molecule has 1 fully saturated rings. The summed E-state index contributed by atoms with van der Waals surface area (Å²) in [4.78, 5) is 50.9. The van der Waals surface area contributed by atoms with Crippen LogP contribution in [0.25, 0.3) is 0 Å². The van der Waals surface area contributed by atoms with Crippen molar-refractivity contribution in [2.75, 3.05) is 11.6 Å². The second-order valence-electron chi connectivity index (χ2n) is 6.08. The zero-order valence-corrected chi connectivity index (χ0v) is 18.3. The Morgan fingerprint density at radius 1 is 1.39 bits per heavy atom. The van der Waals surface area contributed by atoms with E-state index < -0.39 is 64.8 Å². The highest BCUT2D eigenvalue weighted by Gasteiger charge is 2.49. The Hall–Kier alpha value is -1.02. The molecule has 0 spiro atoms. The maximum atomic E-state index is 14.5. The highest BCUT2D eigenvalue weighted by molar-refractivity contribution is 7.69. The molecular weight excluding hydrogens is 517 g/mol. The summed E-state index contributed by atoms with van der Waals surface area (Å²) in [5.41, 5.74) is -0.00143. The number of hydrogen-bond donors (Lipinski definition) is 5. The van der Waals surface area contributed by atoms with Crippen molar-refractivity contribution in [2.45, 2.75) is 24.4 Å². The highest BCUT2D eigenvalue weighted by Crippen LogP contribution is 2.69. The van der Waals surface area contributed by atoms with Gasteiger partial charge in [-0.2, -0.15) is 13.7 Å². The van der Waals surface area contributed by atoms with Crippen LogP contribution in [-0.2, 0) is 27.1 Å². The van der Waals surface area contributed by atoms with Gasteiger partial charge in [0, 0.05) is 12.6 Å². The number of ether oxygens (including phenoxy) is 1. The minimum Gasteiger partial charge on any atom is -0.383 e. The molecule has 5 atom stereocenters. The third kappa shape index (κ3) is 6.73. The summed E-state index contributed by atoms with van der Waals surface area (Å²) in [5.74, 6) is -0.891. The zero-order chi connectivity index (χ0) is 23.8. The van der Waals surface area contributed by atoms with Crippen molar-refractivity contribution in [3.63, 3.8) is 0 Å². The predicted molar refractivity (Wildman–Crippen MR) is 99.1 cm³/mol. The summed E-state index contributed by atoms with van der Waals surface area (Å²) in [6.07, 6.45) is -3.20. The Bertz CT molecular complexity index is 1080. The molecule has 1 aliphatic rings. The Labute approximate surface area is 176 Å². The highest BCUT2D eigenvalue weighted by atomic mass is 35.5. The number of phosphoric acid groups is 2. The van der Waals surface area contributed by atoms with Crippen molar-refractivity contribution in [3.8, 4) is 0 Å². The third-order valence-electron chi connectivity index (χ3n) is 3.63. The van der Waals surface area contributed by atoms with E-state index in [0.29, 0.717) is 4.57 Å². The number of nitrogens with two attached hydrogens (primary N) is 1. The number of nitrogen functional groups attached to an aromatic ring is 1. The molecule has 2 rings (SSSR count). The van der Waals surface area contributed by atoms with E-state index in [1.54, 1.807) is 0 Å². The SMILES string of the molecule is Nc1ccn([C@@H]2O[C@@](/C=C(\F)P(=O)(O)OP(=O)(O)OP(=O)(O)O)(CCl)C[C@H]2F)c(=O)n1. The molecule has 20 heteroatoms. The average molecular weight is 532 g/mol. The predicted octanol–water partition coefficient (Wildman–Crippen LogP) is 1.28. The Morgan fingerprint density at radius 3 is 2.52 bits per heavy atom. The maximum absolute atomic E-state index is 14.5. The van der Waals surface area contributed by atoms with Crippen LogP contribution < -0.4 is 11.4 Å². The van der Waals surface area contributed by atoms with Crippen LogP contribution in [0.3, 0.4) is 0 Å². The molecule has 176 valence electrons. The summed E-state index contributed by atoms with van der Waals surface area (Å²) >= 11 is 5.69. The van der Waals surface area contributed by atoms with Gasteiger partial charge in [0.2, 0.25) is 5.57 Å². The first-order chi connectivity index (χ1) is 14.0. The first kappa shape index (κ1) is 26.2. The van der Waals surface area contributed by atoms with E-state index in [1.807, 2.05) is 0 Å². The van der Waals surface area contributed by atoms with Gasteiger partial charge >= 0.3 is 28.9 Å². The third-order valence-corrected chi connectivity index (χ3v) is 8.14. The van der Waals surface area contributed by atoms with Gasteiger partial charge in [-0.15, -0.1) is 11.6 Å². The number of hydrogen-bond acceptors (Lipinski definition) is 9. The Morgan fingerprint density at radius 2 is 2.00 bits per heavy atom. The minimum absolute atomic E-state index is 0.173. The van der Waals surface area contributed by atoms with Crippen molar-refractivity contribution >= 4 is 40.7 Å². The molecule has 0 bridgehead atoms. The van der Waals surface area contributed by atoms with Gasteiger partial charge in [0.1, 0.15) is 17.6 Å². The van der Waals surface area contributed by atoms with Gasteiger partial charge in [0.25, 0.3) is 0 Å². The van der Waals surface area contributed by atoms with Crippen molar-refractivity contribution < 1.29 is 55.4 Å². The van der Waals surface area contributed by atoms with Crippen LogP contribution in [0, 0.1) is 0 Å². The second-order valence-corrected chi connectivity index (χ2v) is 11.0. The molecule has 2 heterocycles. The summed E-state index contributed by atoms with van der Waals surface area (Å²) in [6, 6.07) is 1.14. The van der Waals surface area contributed by atoms with Gasteiger partial charge in [-0.3, -0.25) is 9.13 Å². The number of rotatable bonds is 8. The topological polar surface area (TPSA) is 221 Å². The molecule has 1 aliphatic heterocycles. The molecule has 6 N–H and O–H groups in total. The number of halogens is 3. The fourth-order valence-corrected chi connectivity index (χ4v) is 6.03. The molecule has 1 aromatic rings. The maximum Gasteiger partial charge on any atom is 0.488 e. The van der Waals surface area contributed by atoms with E-state index in [4.69, 9.17) is 36.8 Å². The van der Waals surface area contributed by atoms with E-state index in [9.17, 15) is 32.2 Å². The van der Waals surface area contributed by atoms with Crippen LogP contribution in [0.15, 0.2) is 28.7 Å². The fraction of sp³-hybridized carbons (Fsp3) is 0.455. The van der Waals surface area contributed by atoms with Crippen LogP contribution in [0.5, 0.6) is 0 Å². The van der Waals surface area contributed by atoms with Crippen LogP contribution in [0.4, 0.5) is 14.6 Å². The van der Waals surface area contributed by atoms with Crippen molar-refractivity contribution in [1.82, 2.24) is 9.55 Å². The molecular formula is C11H15ClF2N3O11P3. The van der Waals surface area contributed by atoms with E-state index >= 15 is 0 Å². The van der Waals surface area contributed by atoms with Gasteiger partial charge in [-0.1, -0.05) is 0 Å². The van der Waals surface area contributed by atoms with Crippen molar-refractivity contribution in [2.24, 2.45) is 0 Å². The Balaban J connectivity index is 2.32. The Kier molecular flexibility index (Phi) is 7.69. The lowest BCUT2D eigenvalue weighted by Crippen LogP contribution is -2.32. The molecule has 0 saturated carbocycles. The molecule has 0 aromatic carbocycles. The van der Waals surface area contributed by atoms with Gasteiger partial charge < -0.3 is 30.0 Å². The largest absolute Gasteiger partial charge is 0.488 e. The molecule has 31 heavy (non-hydrogen) atoms. The number of aromatic nitrogens is 2. The smallest absolute Gasteiger partial charge is 0.383 e. The van der Waals surface area contributed by atoms with Gasteiger partial charge in [0.05, 0.1) is 5.88 Å². The van der Waals surface area contributed by atoms with Gasteiger partial charge in [-0.25, -0.2) is 22.6 Å². The van der Waals surface area contributed by atoms with E-state index in [2.05, 4.69) is 13.6 Å². The van der Waals surface area contributed by atoms with Gasteiger partial charge in [0.15, 0.2) is 6.23 Å². The lowest BCUT2D eigenvalue weighted by atomic mass is 10.0. The first-order valence-electron chi connectivity index (χ1n) is 7.74. The lowest BCUT2D eigenvalue weighted by molar-refractivity contribution is -0.0482. The van der Waals surface area contributed by atoms with Crippen LogP contribution in [-0.4, -0.2) is 46.8 Å².